The third-order valence-corrected chi connectivity index (χ3v) is 6.09. The number of nitrogens with zero attached hydrogens (tertiary/aromatic N) is 3. The Morgan fingerprint density at radius 1 is 1.13 bits per heavy atom. The lowest BCUT2D eigenvalue weighted by Crippen LogP contribution is -2.40. The quantitative estimate of drug-likeness (QED) is 0.597. The molecule has 5 heteroatoms. The molecule has 0 unspecified atom stereocenters. The molecule has 31 heavy (non-hydrogen) atoms. The van der Waals surface area contributed by atoms with Crippen LogP contribution in [0.1, 0.15) is 36.7 Å². The second-order valence-electron chi connectivity index (χ2n) is 8.47. The molecule has 0 atom stereocenters. The van der Waals surface area contributed by atoms with Crippen molar-refractivity contribution in [2.75, 3.05) is 32.0 Å². The van der Waals surface area contributed by atoms with Gasteiger partial charge in [0.2, 0.25) is 0 Å². The van der Waals surface area contributed by atoms with Crippen molar-refractivity contribution in [3.8, 4) is 11.8 Å². The maximum atomic E-state index is 4.23. The predicted octanol–water partition coefficient (Wildman–Crippen LogP) is 4.01. The molecule has 0 saturated carbocycles. The Labute approximate surface area is 185 Å². The summed E-state index contributed by atoms with van der Waals surface area (Å²) < 4.78 is 2.30. The van der Waals surface area contributed by atoms with Crippen LogP contribution in [-0.4, -0.2) is 47.2 Å². The van der Waals surface area contributed by atoms with Gasteiger partial charge in [-0.25, -0.2) is 0 Å². The highest BCUT2D eigenvalue weighted by atomic mass is 15.1. The van der Waals surface area contributed by atoms with Crippen LogP contribution in [0.5, 0.6) is 0 Å². The Morgan fingerprint density at radius 3 is 2.74 bits per heavy atom. The molecule has 2 aromatic heterocycles. The van der Waals surface area contributed by atoms with Crippen LogP contribution in [0, 0.1) is 18.8 Å². The Bertz CT molecular complexity index is 1080. The van der Waals surface area contributed by atoms with Gasteiger partial charge in [-0.05, 0) is 88.6 Å². The van der Waals surface area contributed by atoms with E-state index in [2.05, 4.69) is 75.2 Å². The van der Waals surface area contributed by atoms with Gasteiger partial charge in [0.1, 0.15) is 0 Å². The lowest BCUT2D eigenvalue weighted by atomic mass is 10.0. The predicted molar refractivity (Wildman–Crippen MR) is 129 cm³/mol. The van der Waals surface area contributed by atoms with Gasteiger partial charge in [-0.2, -0.15) is 0 Å². The average Bonchev–Trinajstić information content (AvgIpc) is 3.13. The van der Waals surface area contributed by atoms with E-state index in [0.29, 0.717) is 12.6 Å². The third-order valence-electron chi connectivity index (χ3n) is 6.09. The molecule has 1 aromatic carbocycles. The van der Waals surface area contributed by atoms with Crippen molar-refractivity contribution in [1.29, 1.82) is 0 Å². The molecule has 1 saturated heterocycles. The molecule has 1 aliphatic heterocycles. The minimum atomic E-state index is 0.612. The first-order chi connectivity index (χ1) is 15.1. The van der Waals surface area contributed by atoms with Crippen molar-refractivity contribution >= 4 is 16.6 Å². The van der Waals surface area contributed by atoms with Gasteiger partial charge >= 0.3 is 0 Å². The van der Waals surface area contributed by atoms with Crippen LogP contribution in [0.3, 0.4) is 0 Å². The zero-order chi connectivity index (χ0) is 21.6. The van der Waals surface area contributed by atoms with Crippen LogP contribution in [0.4, 0.5) is 5.69 Å². The topological polar surface area (TPSA) is 45.1 Å². The SMILES string of the molecule is CCn1c(C#CCNc2ccnc(C)c2)cc2cc(CNC3CCN(C)CC3)ccc21. The molecular weight excluding hydrogens is 382 g/mol. The van der Waals surface area contributed by atoms with Crippen LogP contribution < -0.4 is 10.6 Å². The molecule has 5 nitrogen and oxygen atoms in total. The van der Waals surface area contributed by atoms with E-state index in [0.717, 1.165) is 30.2 Å². The molecule has 4 rings (SSSR count). The fourth-order valence-corrected chi connectivity index (χ4v) is 4.29. The van der Waals surface area contributed by atoms with Crippen LogP contribution >= 0.6 is 0 Å². The standard InChI is InChI=1S/C26H33N5/c1-4-31-25(6-5-12-28-24-9-13-27-20(2)16-24)18-22-17-21(7-8-26(22)31)19-29-23-10-14-30(3)15-11-23/h7-9,13,16-18,23,29H,4,10-12,14-15,19H2,1-3H3,(H,27,28). The lowest BCUT2D eigenvalue weighted by molar-refractivity contribution is 0.234. The average molecular weight is 416 g/mol. The monoisotopic (exact) mass is 415 g/mol. The van der Waals surface area contributed by atoms with Crippen molar-refractivity contribution < 1.29 is 0 Å². The minimum absolute atomic E-state index is 0.612. The summed E-state index contributed by atoms with van der Waals surface area (Å²) in [6.45, 7) is 9.00. The highest BCUT2D eigenvalue weighted by molar-refractivity contribution is 5.83. The summed E-state index contributed by atoms with van der Waals surface area (Å²) in [7, 11) is 2.21. The fraction of sp³-hybridized carbons (Fsp3) is 0.423. The highest BCUT2D eigenvalue weighted by Crippen LogP contribution is 2.21. The number of rotatable bonds is 6. The van der Waals surface area contributed by atoms with Gasteiger partial charge in [0.15, 0.2) is 0 Å². The van der Waals surface area contributed by atoms with E-state index in [9.17, 15) is 0 Å². The van der Waals surface area contributed by atoms with E-state index in [1.807, 2.05) is 25.3 Å². The third kappa shape index (κ3) is 5.46. The first-order valence-corrected chi connectivity index (χ1v) is 11.3. The Kier molecular flexibility index (Phi) is 6.91. The number of pyridine rings is 1. The molecular formula is C26H33N5. The van der Waals surface area contributed by atoms with Gasteiger partial charge in [-0.15, -0.1) is 0 Å². The van der Waals surface area contributed by atoms with E-state index in [4.69, 9.17) is 0 Å². The number of aryl methyl sites for hydroxylation is 2. The number of likely N-dealkylation sites (tertiary alicyclic amines) is 1. The number of nitrogens with one attached hydrogen (secondary N) is 2. The first kappa shape index (κ1) is 21.4. The Morgan fingerprint density at radius 2 is 1.97 bits per heavy atom. The summed E-state index contributed by atoms with van der Waals surface area (Å²) in [5.74, 6) is 6.63. The second-order valence-corrected chi connectivity index (χ2v) is 8.47. The molecule has 0 aliphatic carbocycles. The van der Waals surface area contributed by atoms with E-state index in [1.54, 1.807) is 0 Å². The molecule has 2 N–H and O–H groups in total. The number of hydrogen-bond donors (Lipinski definition) is 2. The van der Waals surface area contributed by atoms with Gasteiger partial charge in [-0.3, -0.25) is 4.98 Å². The fourth-order valence-electron chi connectivity index (χ4n) is 4.29. The van der Waals surface area contributed by atoms with Crippen LogP contribution in [-0.2, 0) is 13.1 Å². The smallest absolute Gasteiger partial charge is 0.0931 e. The number of hydrogen-bond acceptors (Lipinski definition) is 4. The molecule has 1 aliphatic rings. The van der Waals surface area contributed by atoms with Crippen LogP contribution in [0.15, 0.2) is 42.6 Å². The summed E-state index contributed by atoms with van der Waals surface area (Å²) in [5, 5.41) is 8.37. The summed E-state index contributed by atoms with van der Waals surface area (Å²) in [4.78, 5) is 6.64. The zero-order valence-corrected chi connectivity index (χ0v) is 18.9. The zero-order valence-electron chi connectivity index (χ0n) is 18.9. The number of piperidine rings is 1. The minimum Gasteiger partial charge on any atom is -0.374 e. The molecule has 0 spiro atoms. The maximum absolute atomic E-state index is 4.23. The molecule has 0 amide bonds. The summed E-state index contributed by atoms with van der Waals surface area (Å²) in [6.07, 6.45) is 4.29. The molecule has 3 heterocycles. The normalized spacial score (nSPS) is 15.1. The van der Waals surface area contributed by atoms with Gasteiger partial charge < -0.3 is 20.1 Å². The summed E-state index contributed by atoms with van der Waals surface area (Å²) >= 11 is 0. The lowest BCUT2D eigenvalue weighted by Gasteiger charge is -2.29. The first-order valence-electron chi connectivity index (χ1n) is 11.3. The molecule has 0 bridgehead atoms. The van der Waals surface area contributed by atoms with Crippen molar-refractivity contribution in [2.24, 2.45) is 0 Å². The molecule has 3 aromatic rings. The number of anilines is 1. The number of fused-ring (bicyclic) bond motifs is 1. The molecule has 162 valence electrons. The van der Waals surface area contributed by atoms with Gasteiger partial charge in [0.05, 0.1) is 12.2 Å². The van der Waals surface area contributed by atoms with Crippen LogP contribution in [0.2, 0.25) is 0 Å². The highest BCUT2D eigenvalue weighted by Gasteiger charge is 2.16. The van der Waals surface area contributed by atoms with Crippen molar-refractivity contribution in [3.63, 3.8) is 0 Å². The van der Waals surface area contributed by atoms with E-state index >= 15 is 0 Å². The molecule has 0 radical (unpaired) electrons. The van der Waals surface area contributed by atoms with Crippen molar-refractivity contribution in [3.05, 3.63) is 59.5 Å². The second kappa shape index (κ2) is 10.00. The maximum Gasteiger partial charge on any atom is 0.0931 e. The van der Waals surface area contributed by atoms with Gasteiger partial charge in [0.25, 0.3) is 0 Å². The number of benzene rings is 1. The summed E-state index contributed by atoms with van der Waals surface area (Å²) in [5.41, 5.74) is 5.73. The van der Waals surface area contributed by atoms with Gasteiger partial charge in [0, 0.05) is 47.6 Å². The Hall–Kier alpha value is -2.81. The van der Waals surface area contributed by atoms with Gasteiger partial charge in [-0.1, -0.05) is 12.0 Å². The largest absolute Gasteiger partial charge is 0.374 e. The number of aromatic nitrogens is 2. The molecule has 1 fully saturated rings. The van der Waals surface area contributed by atoms with Crippen molar-refractivity contribution in [2.45, 2.75) is 45.8 Å². The Balaban J connectivity index is 1.42. The summed E-state index contributed by atoms with van der Waals surface area (Å²) in [6, 6.07) is 13.7. The van der Waals surface area contributed by atoms with E-state index in [1.165, 1.54) is 42.4 Å². The van der Waals surface area contributed by atoms with Crippen molar-refractivity contribution in [1.82, 2.24) is 19.8 Å². The van der Waals surface area contributed by atoms with E-state index in [-0.39, 0.29) is 0 Å². The van der Waals surface area contributed by atoms with Crippen LogP contribution in [0.25, 0.3) is 10.9 Å². The van der Waals surface area contributed by atoms with E-state index < -0.39 is 0 Å².